The third-order valence-corrected chi connectivity index (χ3v) is 4.66. The number of nitrogens with one attached hydrogen (secondary N) is 1. The Hall–Kier alpha value is -1.72. The molecule has 0 unspecified atom stereocenters. The molecule has 2 aromatic rings. The number of aromatic nitrogens is 2. The zero-order valence-electron chi connectivity index (χ0n) is 14.4. The molecule has 2 N–H and O–H groups in total. The minimum absolute atomic E-state index is 0.0834. The minimum Gasteiger partial charge on any atom is -0.391 e. The van der Waals surface area contributed by atoms with Crippen LogP contribution in [0.5, 0.6) is 0 Å². The van der Waals surface area contributed by atoms with Crippen LogP contribution in [0.2, 0.25) is 0 Å². The normalized spacial score (nSPS) is 22.2. The number of piperidine rings is 1. The lowest BCUT2D eigenvalue weighted by atomic mass is 9.87. The molecule has 2 atom stereocenters. The van der Waals surface area contributed by atoms with Crippen molar-refractivity contribution in [1.82, 2.24) is 15.1 Å². The maximum Gasteiger partial charge on any atom is 0.123 e. The van der Waals surface area contributed by atoms with Crippen LogP contribution >= 0.6 is 0 Å². The van der Waals surface area contributed by atoms with Gasteiger partial charge in [-0.1, -0.05) is 26.0 Å². The molecule has 1 aromatic carbocycles. The number of halogens is 1. The molecule has 0 spiro atoms. The Morgan fingerprint density at radius 3 is 2.75 bits per heavy atom. The summed E-state index contributed by atoms with van der Waals surface area (Å²) in [5.41, 5.74) is 3.21. The number of hydrogen-bond acceptors (Lipinski definition) is 3. The smallest absolute Gasteiger partial charge is 0.123 e. The minimum atomic E-state index is -0.428. The molecule has 1 aliphatic rings. The van der Waals surface area contributed by atoms with E-state index < -0.39 is 6.10 Å². The Morgan fingerprint density at radius 2 is 2.08 bits per heavy atom. The maximum atomic E-state index is 13.1. The summed E-state index contributed by atoms with van der Waals surface area (Å²) in [5.74, 6) is 0.441. The average Bonchev–Trinajstić information content (AvgIpc) is 2.95. The second-order valence-electron chi connectivity index (χ2n) is 7.23. The van der Waals surface area contributed by atoms with Gasteiger partial charge >= 0.3 is 0 Å². The zero-order chi connectivity index (χ0) is 17.1. The van der Waals surface area contributed by atoms with E-state index in [2.05, 4.69) is 35.0 Å². The average molecular weight is 331 g/mol. The van der Waals surface area contributed by atoms with Crippen LogP contribution < -0.4 is 0 Å². The number of nitrogens with zero attached hydrogens (tertiary/aromatic N) is 2. The monoisotopic (exact) mass is 331 g/mol. The predicted octanol–water partition coefficient (Wildman–Crippen LogP) is 3.10. The highest BCUT2D eigenvalue weighted by molar-refractivity contribution is 5.22. The molecule has 0 aliphatic carbocycles. The van der Waals surface area contributed by atoms with Gasteiger partial charge in [0.1, 0.15) is 5.82 Å². The fourth-order valence-corrected chi connectivity index (χ4v) is 3.49. The molecule has 0 saturated carbocycles. The van der Waals surface area contributed by atoms with Crippen LogP contribution in [0.1, 0.15) is 43.1 Å². The van der Waals surface area contributed by atoms with Crippen molar-refractivity contribution in [1.29, 1.82) is 0 Å². The molecule has 0 amide bonds. The van der Waals surface area contributed by atoms with Gasteiger partial charge in [0.15, 0.2) is 0 Å². The summed E-state index contributed by atoms with van der Waals surface area (Å²) in [6.45, 7) is 6.69. The Kier molecular flexibility index (Phi) is 5.31. The second-order valence-corrected chi connectivity index (χ2v) is 7.23. The van der Waals surface area contributed by atoms with E-state index in [1.165, 1.54) is 12.1 Å². The van der Waals surface area contributed by atoms with Crippen LogP contribution in [0.15, 0.2) is 30.3 Å². The van der Waals surface area contributed by atoms with E-state index in [1.54, 1.807) is 12.1 Å². The van der Waals surface area contributed by atoms with Gasteiger partial charge < -0.3 is 5.11 Å². The SMILES string of the molecule is CC(C)Cc1cc(CN2CC[C@H](c3ccc(F)cc3)[C@@H](O)C2)[nH]n1. The topological polar surface area (TPSA) is 52.1 Å². The summed E-state index contributed by atoms with van der Waals surface area (Å²) in [4.78, 5) is 2.25. The number of β-amino-alcohol motifs (C(OH)–C–C–N with tert-alkyl or cyclic N) is 1. The van der Waals surface area contributed by atoms with E-state index in [1.807, 2.05) is 0 Å². The van der Waals surface area contributed by atoms with Crippen LogP contribution in [0.4, 0.5) is 4.39 Å². The van der Waals surface area contributed by atoms with Gasteiger partial charge in [-0.25, -0.2) is 4.39 Å². The summed E-state index contributed by atoms with van der Waals surface area (Å²) < 4.78 is 13.1. The summed E-state index contributed by atoms with van der Waals surface area (Å²) >= 11 is 0. The lowest BCUT2D eigenvalue weighted by Gasteiger charge is -2.36. The van der Waals surface area contributed by atoms with Gasteiger partial charge in [0, 0.05) is 24.7 Å². The van der Waals surface area contributed by atoms with E-state index in [-0.39, 0.29) is 11.7 Å². The van der Waals surface area contributed by atoms with Crippen molar-refractivity contribution in [2.24, 2.45) is 5.92 Å². The van der Waals surface area contributed by atoms with Crippen molar-refractivity contribution < 1.29 is 9.50 Å². The molecule has 0 bridgehead atoms. The number of H-pyrrole nitrogens is 1. The van der Waals surface area contributed by atoms with Crippen molar-refractivity contribution in [2.45, 2.75) is 45.3 Å². The quantitative estimate of drug-likeness (QED) is 0.885. The van der Waals surface area contributed by atoms with Crippen LogP contribution in [0.25, 0.3) is 0 Å². The van der Waals surface area contributed by atoms with Crippen LogP contribution in [-0.4, -0.2) is 39.4 Å². The Bertz CT molecular complexity index is 653. The molecule has 3 rings (SSSR count). The van der Waals surface area contributed by atoms with E-state index in [0.29, 0.717) is 12.5 Å². The third-order valence-electron chi connectivity index (χ3n) is 4.66. The van der Waals surface area contributed by atoms with Gasteiger partial charge in [-0.15, -0.1) is 0 Å². The zero-order valence-corrected chi connectivity index (χ0v) is 14.4. The number of aliphatic hydroxyl groups is 1. The third kappa shape index (κ3) is 4.22. The molecule has 130 valence electrons. The number of likely N-dealkylation sites (tertiary alicyclic amines) is 1. The number of hydrogen-bond donors (Lipinski definition) is 2. The molecule has 5 heteroatoms. The van der Waals surface area contributed by atoms with Crippen molar-refractivity contribution in [2.75, 3.05) is 13.1 Å². The highest BCUT2D eigenvalue weighted by atomic mass is 19.1. The van der Waals surface area contributed by atoms with Gasteiger partial charge in [-0.3, -0.25) is 10.00 Å². The number of aliphatic hydroxyl groups excluding tert-OH is 1. The molecule has 1 aromatic heterocycles. The maximum absolute atomic E-state index is 13.1. The molecule has 1 saturated heterocycles. The van der Waals surface area contributed by atoms with Crippen molar-refractivity contribution in [3.63, 3.8) is 0 Å². The number of rotatable bonds is 5. The van der Waals surface area contributed by atoms with Crippen LogP contribution in [0, 0.1) is 11.7 Å². The fourth-order valence-electron chi connectivity index (χ4n) is 3.49. The van der Waals surface area contributed by atoms with E-state index in [0.717, 1.165) is 42.9 Å². The first-order chi connectivity index (χ1) is 11.5. The molecule has 1 fully saturated rings. The molecule has 2 heterocycles. The summed E-state index contributed by atoms with van der Waals surface area (Å²) in [7, 11) is 0. The first kappa shape index (κ1) is 17.1. The van der Waals surface area contributed by atoms with E-state index in [9.17, 15) is 9.50 Å². The predicted molar refractivity (Wildman–Crippen MR) is 92.2 cm³/mol. The molecule has 1 aliphatic heterocycles. The van der Waals surface area contributed by atoms with Gasteiger partial charge in [0.25, 0.3) is 0 Å². The fraction of sp³-hybridized carbons (Fsp3) is 0.526. The highest BCUT2D eigenvalue weighted by Crippen LogP contribution is 2.29. The van der Waals surface area contributed by atoms with E-state index in [4.69, 9.17) is 0 Å². The van der Waals surface area contributed by atoms with Crippen LogP contribution in [0.3, 0.4) is 0 Å². The van der Waals surface area contributed by atoms with Gasteiger partial charge in [-0.05, 0) is 49.1 Å². The number of benzene rings is 1. The van der Waals surface area contributed by atoms with E-state index >= 15 is 0 Å². The molecular weight excluding hydrogens is 305 g/mol. The Morgan fingerprint density at radius 1 is 1.33 bits per heavy atom. The summed E-state index contributed by atoms with van der Waals surface area (Å²) in [6, 6.07) is 8.63. The lowest BCUT2D eigenvalue weighted by Crippen LogP contribution is -2.42. The van der Waals surface area contributed by atoms with Gasteiger partial charge in [-0.2, -0.15) is 5.10 Å². The van der Waals surface area contributed by atoms with Crippen molar-refractivity contribution in [3.05, 3.63) is 53.1 Å². The van der Waals surface area contributed by atoms with Gasteiger partial charge in [0.2, 0.25) is 0 Å². The molecular formula is C19H26FN3O. The second kappa shape index (κ2) is 7.45. The molecule has 4 nitrogen and oxygen atoms in total. The summed E-state index contributed by atoms with van der Waals surface area (Å²) in [5, 5.41) is 18.0. The Labute approximate surface area is 142 Å². The van der Waals surface area contributed by atoms with Crippen molar-refractivity contribution >= 4 is 0 Å². The molecule has 0 radical (unpaired) electrons. The first-order valence-corrected chi connectivity index (χ1v) is 8.70. The first-order valence-electron chi connectivity index (χ1n) is 8.70. The molecule has 24 heavy (non-hydrogen) atoms. The summed E-state index contributed by atoms with van der Waals surface area (Å²) in [6.07, 6.45) is 1.42. The Balaban J connectivity index is 1.57. The van der Waals surface area contributed by atoms with Crippen molar-refractivity contribution in [3.8, 4) is 0 Å². The lowest BCUT2D eigenvalue weighted by molar-refractivity contribution is 0.0471. The largest absolute Gasteiger partial charge is 0.391 e. The standard InChI is InChI=1S/C19H26FN3O/c1-13(2)9-16-10-17(22-21-16)11-23-8-7-18(19(24)12-23)14-3-5-15(20)6-4-14/h3-6,10,13,18-19,24H,7-9,11-12H2,1-2H3,(H,21,22)/t18-,19+/m1/s1. The van der Waals surface area contributed by atoms with Crippen LogP contribution in [-0.2, 0) is 13.0 Å². The van der Waals surface area contributed by atoms with Gasteiger partial charge in [0.05, 0.1) is 11.8 Å². The number of aromatic amines is 1. The highest BCUT2D eigenvalue weighted by Gasteiger charge is 2.29.